The average molecular weight is 255 g/mol. The molecule has 0 atom stereocenters. The quantitative estimate of drug-likeness (QED) is 0.685. The third-order valence-electron chi connectivity index (χ3n) is 2.86. The van der Waals surface area contributed by atoms with Crippen LogP contribution >= 0.6 is 11.6 Å². The Morgan fingerprint density at radius 2 is 1.59 bits per heavy atom. The Balaban J connectivity index is 3.30. The van der Waals surface area contributed by atoms with Crippen molar-refractivity contribution in [2.45, 2.75) is 52.4 Å². The summed E-state index contributed by atoms with van der Waals surface area (Å²) in [4.78, 5) is 0. The van der Waals surface area contributed by atoms with Crippen LogP contribution in [0, 0.1) is 0 Å². The van der Waals surface area contributed by atoms with Crippen molar-refractivity contribution < 1.29 is 4.74 Å². The van der Waals surface area contributed by atoms with Crippen LogP contribution in [0.1, 0.15) is 52.7 Å². The van der Waals surface area contributed by atoms with Gasteiger partial charge in [0.1, 0.15) is 5.75 Å². The molecule has 96 valence electrons. The van der Waals surface area contributed by atoms with E-state index in [9.17, 15) is 0 Å². The van der Waals surface area contributed by atoms with E-state index in [1.807, 2.05) is 6.07 Å². The summed E-state index contributed by atoms with van der Waals surface area (Å²) in [5.41, 5.74) is 2.75. The van der Waals surface area contributed by atoms with Gasteiger partial charge in [-0.05, 0) is 28.0 Å². The van der Waals surface area contributed by atoms with Crippen LogP contribution in [-0.4, -0.2) is 6.07 Å². The molecule has 0 bridgehead atoms. The van der Waals surface area contributed by atoms with Crippen LogP contribution in [0.25, 0.3) is 0 Å². The van der Waals surface area contributed by atoms with E-state index in [1.165, 1.54) is 11.1 Å². The largest absolute Gasteiger partial charge is 0.478 e. The second-order valence-corrected chi connectivity index (χ2v) is 6.68. The molecular weight excluding hydrogens is 232 g/mol. The number of hydrogen-bond acceptors (Lipinski definition) is 1. The predicted octanol–water partition coefficient (Wildman–Crippen LogP) is 4.86. The van der Waals surface area contributed by atoms with Gasteiger partial charge in [0.25, 0.3) is 0 Å². The van der Waals surface area contributed by atoms with Crippen molar-refractivity contribution in [1.82, 2.24) is 0 Å². The second-order valence-electron chi connectivity index (χ2n) is 6.46. The Kier molecular flexibility index (Phi) is 4.14. The van der Waals surface area contributed by atoms with E-state index in [0.717, 1.165) is 5.75 Å². The number of benzene rings is 1. The minimum atomic E-state index is 0.0582. The molecule has 2 heteroatoms. The predicted molar refractivity (Wildman–Crippen MR) is 75.2 cm³/mol. The van der Waals surface area contributed by atoms with Crippen LogP contribution in [0.15, 0.2) is 18.2 Å². The van der Waals surface area contributed by atoms with Gasteiger partial charge in [-0.1, -0.05) is 65.3 Å². The highest BCUT2D eigenvalue weighted by atomic mass is 35.5. The summed E-state index contributed by atoms with van der Waals surface area (Å²) in [5, 5.41) is 0. The zero-order chi connectivity index (χ0) is 13.3. The molecule has 0 amide bonds. The third kappa shape index (κ3) is 3.64. The molecule has 0 fully saturated rings. The summed E-state index contributed by atoms with van der Waals surface area (Å²) < 4.78 is 5.50. The summed E-state index contributed by atoms with van der Waals surface area (Å²) in [6.45, 7) is 13.2. The highest BCUT2D eigenvalue weighted by Gasteiger charge is 2.22. The lowest BCUT2D eigenvalue weighted by Gasteiger charge is -2.26. The number of halogens is 1. The van der Waals surface area contributed by atoms with Gasteiger partial charge in [0.2, 0.25) is 0 Å². The zero-order valence-corrected chi connectivity index (χ0v) is 12.5. The van der Waals surface area contributed by atoms with Crippen molar-refractivity contribution in [2.24, 2.45) is 0 Å². The number of hydrogen-bond donors (Lipinski definition) is 0. The Morgan fingerprint density at radius 1 is 1.00 bits per heavy atom. The van der Waals surface area contributed by atoms with Crippen molar-refractivity contribution in [1.29, 1.82) is 0 Å². The van der Waals surface area contributed by atoms with Crippen LogP contribution in [0.5, 0.6) is 5.75 Å². The maximum atomic E-state index is 5.67. The van der Waals surface area contributed by atoms with Gasteiger partial charge < -0.3 is 4.74 Å². The first-order chi connectivity index (χ1) is 7.66. The maximum absolute atomic E-state index is 5.67. The molecule has 0 aromatic heterocycles. The Morgan fingerprint density at radius 3 is 2.00 bits per heavy atom. The molecule has 1 rings (SSSR count). The SMILES string of the molecule is CC(C)(C)c1ccc(OCCl)c(C(C)(C)C)c1. The van der Waals surface area contributed by atoms with Crippen molar-refractivity contribution in [3.05, 3.63) is 29.3 Å². The van der Waals surface area contributed by atoms with E-state index in [1.54, 1.807) is 0 Å². The Bertz CT molecular complexity index is 383. The van der Waals surface area contributed by atoms with Crippen LogP contribution in [0.3, 0.4) is 0 Å². The molecule has 17 heavy (non-hydrogen) atoms. The lowest BCUT2D eigenvalue weighted by atomic mass is 9.80. The van der Waals surface area contributed by atoms with Gasteiger partial charge >= 0.3 is 0 Å². The number of rotatable bonds is 2. The minimum Gasteiger partial charge on any atom is -0.478 e. The summed E-state index contributed by atoms with van der Waals surface area (Å²) in [6, 6.07) is 6.58. The topological polar surface area (TPSA) is 9.23 Å². The van der Waals surface area contributed by atoms with Gasteiger partial charge in [-0.25, -0.2) is 0 Å². The van der Waals surface area contributed by atoms with Gasteiger partial charge in [-0.15, -0.1) is 0 Å². The van der Waals surface area contributed by atoms with Gasteiger partial charge in [-0.3, -0.25) is 0 Å². The number of ether oxygens (including phenoxy) is 1. The minimum absolute atomic E-state index is 0.0582. The standard InChI is InChI=1S/C15H23ClO/c1-14(2,3)11-7-8-13(17-10-16)12(9-11)15(4,5)6/h7-9H,10H2,1-6H3. The van der Waals surface area contributed by atoms with Crippen molar-refractivity contribution >= 4 is 11.6 Å². The highest BCUT2D eigenvalue weighted by Crippen LogP contribution is 2.35. The van der Waals surface area contributed by atoms with Crippen LogP contribution in [0.4, 0.5) is 0 Å². The molecule has 1 aromatic rings. The Labute approximate surface area is 110 Å². The summed E-state index contributed by atoms with van der Waals surface area (Å²) in [6.07, 6.45) is 0. The lowest BCUT2D eigenvalue weighted by Crippen LogP contribution is -2.17. The maximum Gasteiger partial charge on any atom is 0.162 e. The average Bonchev–Trinajstić information content (AvgIpc) is 2.15. The fraction of sp³-hybridized carbons (Fsp3) is 0.600. The van der Waals surface area contributed by atoms with Gasteiger partial charge in [0, 0.05) is 0 Å². The molecule has 0 spiro atoms. The fourth-order valence-corrected chi connectivity index (χ4v) is 1.88. The molecule has 0 N–H and O–H groups in total. The zero-order valence-electron chi connectivity index (χ0n) is 11.7. The molecule has 0 unspecified atom stereocenters. The van der Waals surface area contributed by atoms with E-state index >= 15 is 0 Å². The third-order valence-corrected chi connectivity index (χ3v) is 2.97. The molecule has 0 saturated heterocycles. The van der Waals surface area contributed by atoms with Gasteiger partial charge in [0.15, 0.2) is 6.07 Å². The fourth-order valence-electron chi connectivity index (χ4n) is 1.77. The number of alkyl halides is 1. The first-order valence-electron chi connectivity index (χ1n) is 6.00. The molecule has 0 saturated carbocycles. The normalized spacial score (nSPS) is 12.6. The summed E-state index contributed by atoms with van der Waals surface area (Å²) >= 11 is 5.67. The van der Waals surface area contributed by atoms with Crippen LogP contribution < -0.4 is 4.74 Å². The van der Waals surface area contributed by atoms with Crippen molar-refractivity contribution in [2.75, 3.05) is 6.07 Å². The lowest BCUT2D eigenvalue weighted by molar-refractivity contribution is 0.373. The van der Waals surface area contributed by atoms with Gasteiger partial charge in [0.05, 0.1) is 0 Å². The van der Waals surface area contributed by atoms with E-state index in [-0.39, 0.29) is 16.9 Å². The van der Waals surface area contributed by atoms with E-state index < -0.39 is 0 Å². The molecule has 0 aliphatic heterocycles. The highest BCUT2D eigenvalue weighted by molar-refractivity contribution is 6.17. The molecule has 0 aliphatic carbocycles. The smallest absolute Gasteiger partial charge is 0.162 e. The molecular formula is C15H23ClO. The molecule has 1 nitrogen and oxygen atoms in total. The van der Waals surface area contributed by atoms with E-state index in [0.29, 0.717) is 0 Å². The summed E-state index contributed by atoms with van der Waals surface area (Å²) in [7, 11) is 0. The first-order valence-corrected chi connectivity index (χ1v) is 6.53. The Hall–Kier alpha value is -0.690. The van der Waals surface area contributed by atoms with E-state index in [4.69, 9.17) is 16.3 Å². The summed E-state index contributed by atoms with van der Waals surface area (Å²) in [5.74, 6) is 0.889. The monoisotopic (exact) mass is 254 g/mol. The molecule has 1 aromatic carbocycles. The molecule has 0 heterocycles. The second kappa shape index (κ2) is 4.89. The van der Waals surface area contributed by atoms with Crippen molar-refractivity contribution in [3.63, 3.8) is 0 Å². The molecule has 0 aliphatic rings. The van der Waals surface area contributed by atoms with Gasteiger partial charge in [-0.2, -0.15) is 0 Å². The van der Waals surface area contributed by atoms with Crippen LogP contribution in [0.2, 0.25) is 0 Å². The van der Waals surface area contributed by atoms with Crippen molar-refractivity contribution in [3.8, 4) is 5.75 Å². The van der Waals surface area contributed by atoms with Crippen LogP contribution in [-0.2, 0) is 10.8 Å². The molecule has 0 radical (unpaired) electrons. The first kappa shape index (κ1) is 14.4. The van der Waals surface area contributed by atoms with E-state index in [2.05, 4.69) is 53.7 Å².